The molecule has 0 aliphatic carbocycles. The lowest BCUT2D eigenvalue weighted by Crippen LogP contribution is -2.29. The zero-order valence-electron chi connectivity index (χ0n) is 19.6. The lowest BCUT2D eigenvalue weighted by Gasteiger charge is -2.19. The third-order valence-corrected chi connectivity index (χ3v) is 5.43. The average molecular weight is 428 g/mol. The Morgan fingerprint density at radius 3 is 2.28 bits per heavy atom. The van der Waals surface area contributed by atoms with Crippen molar-refractivity contribution in [3.8, 4) is 16.9 Å². The molecule has 0 saturated carbocycles. The number of carbonyl (C=O) groups is 1. The van der Waals surface area contributed by atoms with E-state index in [9.17, 15) is 4.79 Å². The minimum Gasteiger partial charge on any atom is -0.337 e. The standard InChI is InChI=1S/C28H33N3O/c1-5-8-16-22(7-3)21-30(4)28(32)26-25(15-6-2)31(24-19-13-10-14-20-24)29-27(26)23-17-11-9-12-18-23/h7-14,16-20H,5-6,15,21H2,1-4H3/b16-8-,22-7+. The summed E-state index contributed by atoms with van der Waals surface area (Å²) < 4.78 is 1.94. The average Bonchev–Trinajstić information content (AvgIpc) is 3.21. The van der Waals surface area contributed by atoms with E-state index < -0.39 is 0 Å². The molecule has 0 unspecified atom stereocenters. The zero-order valence-corrected chi connectivity index (χ0v) is 19.6. The summed E-state index contributed by atoms with van der Waals surface area (Å²) in [5.41, 5.74) is 5.43. The largest absolute Gasteiger partial charge is 0.337 e. The van der Waals surface area contributed by atoms with E-state index in [1.165, 1.54) is 0 Å². The fourth-order valence-corrected chi connectivity index (χ4v) is 3.77. The molecule has 32 heavy (non-hydrogen) atoms. The van der Waals surface area contributed by atoms with Crippen molar-refractivity contribution in [3.63, 3.8) is 0 Å². The van der Waals surface area contributed by atoms with Gasteiger partial charge in [0.1, 0.15) is 5.69 Å². The molecule has 1 heterocycles. The molecule has 1 amide bonds. The Hall–Kier alpha value is -3.40. The topological polar surface area (TPSA) is 38.1 Å². The van der Waals surface area contributed by atoms with Gasteiger partial charge in [0.25, 0.3) is 5.91 Å². The van der Waals surface area contributed by atoms with Gasteiger partial charge in [0.2, 0.25) is 0 Å². The van der Waals surface area contributed by atoms with Crippen molar-refractivity contribution in [3.05, 3.63) is 95.7 Å². The zero-order chi connectivity index (χ0) is 22.9. The lowest BCUT2D eigenvalue weighted by molar-refractivity contribution is 0.0807. The normalized spacial score (nSPS) is 11.8. The second-order valence-electron chi connectivity index (χ2n) is 7.87. The molecule has 0 saturated heterocycles. The minimum atomic E-state index is -0.00117. The van der Waals surface area contributed by atoms with Crippen molar-refractivity contribution in [1.82, 2.24) is 14.7 Å². The maximum absolute atomic E-state index is 13.8. The highest BCUT2D eigenvalue weighted by atomic mass is 16.2. The summed E-state index contributed by atoms with van der Waals surface area (Å²) in [6, 6.07) is 20.1. The predicted molar refractivity (Wildman–Crippen MR) is 133 cm³/mol. The maximum Gasteiger partial charge on any atom is 0.258 e. The first-order valence-corrected chi connectivity index (χ1v) is 11.4. The van der Waals surface area contributed by atoms with E-state index in [0.717, 1.165) is 47.5 Å². The third-order valence-electron chi connectivity index (χ3n) is 5.43. The van der Waals surface area contributed by atoms with Gasteiger partial charge in [-0.05, 0) is 37.5 Å². The van der Waals surface area contributed by atoms with E-state index in [0.29, 0.717) is 12.1 Å². The van der Waals surface area contributed by atoms with Gasteiger partial charge in [-0.1, -0.05) is 87.0 Å². The van der Waals surface area contributed by atoms with Crippen LogP contribution in [0.4, 0.5) is 0 Å². The van der Waals surface area contributed by atoms with Crippen molar-refractivity contribution in [1.29, 1.82) is 0 Å². The van der Waals surface area contributed by atoms with Crippen LogP contribution in [0.25, 0.3) is 16.9 Å². The summed E-state index contributed by atoms with van der Waals surface area (Å²) >= 11 is 0. The van der Waals surface area contributed by atoms with Crippen molar-refractivity contribution < 1.29 is 4.79 Å². The van der Waals surface area contributed by atoms with Crippen LogP contribution in [0.2, 0.25) is 0 Å². The van der Waals surface area contributed by atoms with E-state index in [-0.39, 0.29) is 5.91 Å². The summed E-state index contributed by atoms with van der Waals surface area (Å²) in [5.74, 6) is -0.00117. The molecule has 2 aromatic carbocycles. The van der Waals surface area contributed by atoms with Gasteiger partial charge in [-0.15, -0.1) is 0 Å². The molecular formula is C28H33N3O. The Morgan fingerprint density at radius 1 is 1.03 bits per heavy atom. The monoisotopic (exact) mass is 427 g/mol. The van der Waals surface area contributed by atoms with E-state index >= 15 is 0 Å². The molecule has 0 bridgehead atoms. The van der Waals surface area contributed by atoms with Gasteiger partial charge in [0.15, 0.2) is 0 Å². The van der Waals surface area contributed by atoms with E-state index in [4.69, 9.17) is 5.10 Å². The van der Waals surface area contributed by atoms with Crippen LogP contribution in [0.5, 0.6) is 0 Å². The number of para-hydroxylation sites is 1. The molecule has 4 heteroatoms. The summed E-state index contributed by atoms with van der Waals surface area (Å²) in [7, 11) is 1.87. The van der Waals surface area contributed by atoms with Gasteiger partial charge in [0, 0.05) is 19.2 Å². The van der Waals surface area contributed by atoms with Gasteiger partial charge in [0.05, 0.1) is 16.9 Å². The van der Waals surface area contributed by atoms with Crippen LogP contribution >= 0.6 is 0 Å². The highest BCUT2D eigenvalue weighted by Crippen LogP contribution is 2.30. The van der Waals surface area contributed by atoms with Crippen LogP contribution in [0.3, 0.4) is 0 Å². The van der Waals surface area contributed by atoms with Crippen molar-refractivity contribution in [2.45, 2.75) is 40.0 Å². The van der Waals surface area contributed by atoms with Crippen LogP contribution in [-0.2, 0) is 6.42 Å². The van der Waals surface area contributed by atoms with E-state index in [1.54, 1.807) is 4.90 Å². The number of likely N-dealkylation sites (N-methyl/N-ethyl adjacent to an activating group) is 1. The smallest absolute Gasteiger partial charge is 0.258 e. The van der Waals surface area contributed by atoms with Crippen LogP contribution in [-0.4, -0.2) is 34.2 Å². The van der Waals surface area contributed by atoms with Gasteiger partial charge in [-0.2, -0.15) is 5.10 Å². The molecular weight excluding hydrogens is 394 g/mol. The number of allylic oxidation sites excluding steroid dienone is 2. The fourth-order valence-electron chi connectivity index (χ4n) is 3.77. The molecule has 1 aromatic heterocycles. The first-order valence-electron chi connectivity index (χ1n) is 11.4. The molecule has 0 fully saturated rings. The first kappa shape index (κ1) is 23.3. The van der Waals surface area contributed by atoms with Crippen molar-refractivity contribution >= 4 is 5.91 Å². The molecule has 0 atom stereocenters. The SMILES string of the molecule is C/C=C(\C=C/CC)CN(C)C(=O)c1c(-c2ccccc2)nn(-c2ccccc2)c1CCC. The molecule has 3 rings (SSSR count). The Balaban J connectivity index is 2.12. The number of hydrogen-bond donors (Lipinski definition) is 0. The highest BCUT2D eigenvalue weighted by Gasteiger charge is 2.27. The first-order chi connectivity index (χ1) is 15.6. The Bertz CT molecular complexity index is 1080. The van der Waals surface area contributed by atoms with Crippen LogP contribution in [0, 0.1) is 0 Å². The van der Waals surface area contributed by atoms with Crippen LogP contribution in [0.1, 0.15) is 49.7 Å². The minimum absolute atomic E-state index is 0.00117. The number of rotatable bonds is 9. The van der Waals surface area contributed by atoms with Crippen LogP contribution < -0.4 is 0 Å². The highest BCUT2D eigenvalue weighted by molar-refractivity contribution is 6.01. The number of aromatic nitrogens is 2. The second-order valence-corrected chi connectivity index (χ2v) is 7.87. The summed E-state index contributed by atoms with van der Waals surface area (Å²) in [6.45, 7) is 6.82. The van der Waals surface area contributed by atoms with Gasteiger partial charge in [-0.25, -0.2) is 4.68 Å². The maximum atomic E-state index is 13.8. The molecule has 0 aliphatic rings. The second kappa shape index (κ2) is 11.3. The van der Waals surface area contributed by atoms with E-state index in [2.05, 4.69) is 32.1 Å². The third kappa shape index (κ3) is 5.25. The van der Waals surface area contributed by atoms with Crippen LogP contribution in [0.15, 0.2) is 84.5 Å². The van der Waals surface area contributed by atoms with Crippen molar-refractivity contribution in [2.24, 2.45) is 0 Å². The lowest BCUT2D eigenvalue weighted by atomic mass is 10.0. The quantitative estimate of drug-likeness (QED) is 0.367. The molecule has 4 nitrogen and oxygen atoms in total. The fraction of sp³-hybridized carbons (Fsp3) is 0.286. The molecule has 0 aliphatic heterocycles. The molecule has 0 radical (unpaired) electrons. The Kier molecular flexibility index (Phi) is 8.20. The molecule has 0 spiro atoms. The van der Waals surface area contributed by atoms with E-state index in [1.807, 2.05) is 79.3 Å². The number of hydrogen-bond acceptors (Lipinski definition) is 2. The summed E-state index contributed by atoms with van der Waals surface area (Å²) in [5, 5.41) is 4.96. The summed E-state index contributed by atoms with van der Waals surface area (Å²) in [6.07, 6.45) is 8.96. The van der Waals surface area contributed by atoms with Gasteiger partial charge >= 0.3 is 0 Å². The van der Waals surface area contributed by atoms with Crippen molar-refractivity contribution in [2.75, 3.05) is 13.6 Å². The Morgan fingerprint density at radius 2 is 1.69 bits per heavy atom. The molecule has 3 aromatic rings. The Labute approximate surface area is 191 Å². The predicted octanol–water partition coefficient (Wildman–Crippen LogP) is 6.48. The number of amides is 1. The van der Waals surface area contributed by atoms with Gasteiger partial charge < -0.3 is 4.90 Å². The molecule has 0 N–H and O–H groups in total. The molecule has 166 valence electrons. The van der Waals surface area contributed by atoms with Gasteiger partial charge in [-0.3, -0.25) is 4.79 Å². The number of nitrogens with zero attached hydrogens (tertiary/aromatic N) is 3. The number of carbonyl (C=O) groups excluding carboxylic acids is 1. The summed E-state index contributed by atoms with van der Waals surface area (Å²) in [4.78, 5) is 15.6. The number of benzene rings is 2.